The number of rotatable bonds is 3. The van der Waals surface area contributed by atoms with E-state index in [0.717, 1.165) is 55.3 Å². The van der Waals surface area contributed by atoms with E-state index >= 15 is 0 Å². The third-order valence-corrected chi connectivity index (χ3v) is 12.1. The monoisotopic (exact) mass is 692 g/mol. The third-order valence-electron chi connectivity index (χ3n) is 12.1. The number of para-hydroxylation sites is 1. The highest BCUT2D eigenvalue weighted by Gasteiger charge is 2.35. The van der Waals surface area contributed by atoms with Crippen LogP contribution in [0.4, 0.5) is 0 Å². The van der Waals surface area contributed by atoms with Crippen LogP contribution in [0, 0.1) is 0 Å². The second kappa shape index (κ2) is 12.3. The molecule has 56 heavy (non-hydrogen) atoms. The van der Waals surface area contributed by atoms with Crippen LogP contribution in [0.3, 0.4) is 0 Å². The van der Waals surface area contributed by atoms with Crippen molar-refractivity contribution in [2.24, 2.45) is 0 Å². The van der Waals surface area contributed by atoms with Crippen molar-refractivity contribution in [2.75, 3.05) is 0 Å². The van der Waals surface area contributed by atoms with Crippen molar-refractivity contribution in [3.63, 3.8) is 0 Å². The van der Waals surface area contributed by atoms with Gasteiger partial charge in [-0.25, -0.2) is 0 Å². The second-order valence-corrected chi connectivity index (χ2v) is 15.3. The molecule has 1 aromatic heterocycles. The molecule has 10 rings (SSSR count). The van der Waals surface area contributed by atoms with E-state index in [2.05, 4.69) is 80.6 Å². The van der Waals surface area contributed by atoms with Gasteiger partial charge in [0.25, 0.3) is 0 Å². The lowest BCUT2D eigenvalue weighted by Crippen LogP contribution is -2.50. The third kappa shape index (κ3) is 4.67. The van der Waals surface area contributed by atoms with Gasteiger partial charge in [-0.3, -0.25) is 0 Å². The summed E-state index contributed by atoms with van der Waals surface area (Å²) < 4.78 is 6.20. The minimum absolute atomic E-state index is 0.177. The van der Waals surface area contributed by atoms with Gasteiger partial charge >= 0.3 is 0 Å². The zero-order valence-electron chi connectivity index (χ0n) is 30.9. The topological polar surface area (TPSA) is 13.1 Å². The zero-order chi connectivity index (χ0) is 38.9. The maximum Gasteiger partial charge on any atom is 0.136 e. The van der Waals surface area contributed by atoms with E-state index in [0.29, 0.717) is 32.7 Å². The summed E-state index contributed by atoms with van der Waals surface area (Å²) in [7, 11) is 54.8. The molecule has 0 saturated carbocycles. The van der Waals surface area contributed by atoms with Crippen LogP contribution in [0.1, 0.15) is 25.0 Å². The molecule has 1 heterocycles. The Hall–Kier alpha value is -5.40. The molecule has 0 atom stereocenters. The standard InChI is InChI=1S/C47H24B8O/c1-47(2)28-11-5-3-8-25(28)27-20-23(18-19-29(27)47)33-37-35(39(48)43(52)45(54)41(37)50)32(36-38(33)42(51)46(55)44(53)40(36)49)22-16-14-21(15-17-22)24-10-7-13-31-34(24)26-9-4-6-12-30(26)56-31/h3-20H,1-2H3. The Morgan fingerprint density at radius 3 is 1.46 bits per heavy atom. The van der Waals surface area contributed by atoms with E-state index in [1.54, 1.807) is 0 Å². The summed E-state index contributed by atoms with van der Waals surface area (Å²) in [6, 6.07) is 37.2. The Bertz CT molecular complexity index is 3110. The largest absolute Gasteiger partial charge is 0.456 e. The molecular weight excluding hydrogens is 667 g/mol. The maximum absolute atomic E-state index is 7.04. The van der Waals surface area contributed by atoms with E-state index in [9.17, 15) is 0 Å². The Kier molecular flexibility index (Phi) is 7.70. The molecule has 9 aromatic rings. The highest BCUT2D eigenvalue weighted by Crippen LogP contribution is 2.51. The molecular formula is C47H24B8O. The summed E-state index contributed by atoms with van der Waals surface area (Å²) in [6.45, 7) is 4.48. The Labute approximate surface area is 336 Å². The summed E-state index contributed by atoms with van der Waals surface area (Å²) in [5, 5.41) is 4.44. The maximum atomic E-state index is 7.04. The molecule has 242 valence electrons. The fourth-order valence-corrected chi connectivity index (χ4v) is 9.23. The molecule has 1 aliphatic carbocycles. The van der Waals surface area contributed by atoms with Crippen molar-refractivity contribution in [2.45, 2.75) is 19.3 Å². The van der Waals surface area contributed by atoms with Crippen LogP contribution in [0.25, 0.3) is 88.0 Å². The van der Waals surface area contributed by atoms with Crippen molar-refractivity contribution in [3.8, 4) is 44.5 Å². The molecule has 0 amide bonds. The Morgan fingerprint density at radius 2 is 0.839 bits per heavy atom. The van der Waals surface area contributed by atoms with E-state index in [-0.39, 0.29) is 49.1 Å². The van der Waals surface area contributed by atoms with Gasteiger partial charge in [0, 0.05) is 16.2 Å². The van der Waals surface area contributed by atoms with Crippen LogP contribution in [-0.2, 0) is 5.41 Å². The average molecular weight is 691 g/mol. The summed E-state index contributed by atoms with van der Waals surface area (Å²) in [5.41, 5.74) is 13.0. The number of fused-ring (bicyclic) bond motifs is 8. The van der Waals surface area contributed by atoms with E-state index in [1.165, 1.54) is 11.1 Å². The highest BCUT2D eigenvalue weighted by atomic mass is 16.3. The number of hydrogen-bond acceptors (Lipinski definition) is 1. The van der Waals surface area contributed by atoms with Gasteiger partial charge in [-0.2, -0.15) is 0 Å². The second-order valence-electron chi connectivity index (χ2n) is 15.3. The molecule has 0 bridgehead atoms. The first-order valence-corrected chi connectivity index (χ1v) is 18.4. The quantitative estimate of drug-likeness (QED) is 0.204. The number of furan rings is 1. The molecule has 0 fully saturated rings. The van der Waals surface area contributed by atoms with Gasteiger partial charge in [0.2, 0.25) is 0 Å². The van der Waals surface area contributed by atoms with Gasteiger partial charge in [0.1, 0.15) is 73.9 Å². The first-order valence-electron chi connectivity index (χ1n) is 18.4. The molecule has 16 radical (unpaired) electrons. The molecule has 0 aliphatic heterocycles. The van der Waals surface area contributed by atoms with Gasteiger partial charge in [-0.1, -0.05) is 127 Å². The van der Waals surface area contributed by atoms with Crippen LogP contribution >= 0.6 is 0 Å². The number of hydrogen-bond donors (Lipinski definition) is 0. The van der Waals surface area contributed by atoms with E-state index in [1.807, 2.05) is 42.5 Å². The smallest absolute Gasteiger partial charge is 0.136 e. The molecule has 9 heteroatoms. The lowest BCUT2D eigenvalue weighted by molar-refractivity contribution is 0.660. The number of benzene rings is 8. The minimum Gasteiger partial charge on any atom is -0.456 e. The summed E-state index contributed by atoms with van der Waals surface area (Å²) >= 11 is 0. The van der Waals surface area contributed by atoms with Gasteiger partial charge in [0.15, 0.2) is 0 Å². The van der Waals surface area contributed by atoms with Crippen LogP contribution in [-0.4, -0.2) is 62.8 Å². The fraction of sp³-hybridized carbons (Fsp3) is 0.0638. The van der Waals surface area contributed by atoms with Gasteiger partial charge in [-0.15, -0.1) is 21.9 Å². The Balaban J connectivity index is 1.31. The molecule has 1 nitrogen and oxygen atoms in total. The van der Waals surface area contributed by atoms with E-state index in [4.69, 9.17) is 67.2 Å². The van der Waals surface area contributed by atoms with Crippen molar-refractivity contribution >= 4 is 150 Å². The Morgan fingerprint density at radius 1 is 0.375 bits per heavy atom. The van der Waals surface area contributed by atoms with Crippen LogP contribution in [0.2, 0.25) is 0 Å². The molecule has 0 N–H and O–H groups in total. The average Bonchev–Trinajstić information content (AvgIpc) is 3.71. The van der Waals surface area contributed by atoms with Gasteiger partial charge < -0.3 is 4.42 Å². The molecule has 1 aliphatic rings. The SMILES string of the molecule is [B]c1c([B])c([B])c2c(-c3ccc4c(c3)-c3ccccc3C4(C)C)c3c([B])c([B])c([B])c([B])c3c(-c3ccc(-c4cccc5oc6ccccc6c45)cc3)c2c1[B]. The first-order chi connectivity index (χ1) is 26.9. The molecule has 0 saturated heterocycles. The van der Waals surface area contributed by atoms with E-state index < -0.39 is 0 Å². The fourth-order valence-electron chi connectivity index (χ4n) is 9.23. The zero-order valence-corrected chi connectivity index (χ0v) is 30.9. The summed E-state index contributed by atoms with van der Waals surface area (Å²) in [4.78, 5) is 0. The predicted molar refractivity (Wildman–Crippen MR) is 246 cm³/mol. The van der Waals surface area contributed by atoms with Gasteiger partial charge in [-0.05, 0) is 95.4 Å². The van der Waals surface area contributed by atoms with Crippen LogP contribution in [0.5, 0.6) is 0 Å². The molecule has 0 spiro atoms. The minimum atomic E-state index is -0.203. The lowest BCUT2D eigenvalue weighted by atomic mass is 9.59. The molecule has 0 unspecified atom stereocenters. The van der Waals surface area contributed by atoms with Crippen molar-refractivity contribution < 1.29 is 4.42 Å². The van der Waals surface area contributed by atoms with Crippen molar-refractivity contribution in [1.82, 2.24) is 0 Å². The highest BCUT2D eigenvalue weighted by molar-refractivity contribution is 6.71. The normalized spacial score (nSPS) is 13.2. The predicted octanol–water partition coefficient (Wildman–Crippen LogP) is 3.55. The summed E-state index contributed by atoms with van der Waals surface area (Å²) in [6.07, 6.45) is 0. The van der Waals surface area contributed by atoms with Crippen LogP contribution < -0.4 is 43.7 Å². The van der Waals surface area contributed by atoms with Crippen LogP contribution in [0.15, 0.2) is 114 Å². The lowest BCUT2D eigenvalue weighted by Gasteiger charge is -2.29. The van der Waals surface area contributed by atoms with Crippen molar-refractivity contribution in [3.05, 3.63) is 120 Å². The summed E-state index contributed by atoms with van der Waals surface area (Å²) in [5.74, 6) is 0. The molecule has 8 aromatic carbocycles. The van der Waals surface area contributed by atoms with Gasteiger partial charge in [0.05, 0.1) is 0 Å². The van der Waals surface area contributed by atoms with Crippen molar-refractivity contribution in [1.29, 1.82) is 0 Å². The first kappa shape index (κ1) is 35.0.